The highest BCUT2D eigenvalue weighted by molar-refractivity contribution is 5.88. The molecule has 0 saturated carbocycles. The molecule has 0 aliphatic heterocycles. The second-order valence-electron chi connectivity index (χ2n) is 8.25. The Balaban J connectivity index is 1.61. The highest BCUT2D eigenvalue weighted by atomic mass is 19.2. The minimum atomic E-state index is -1.43. The first-order valence-electron chi connectivity index (χ1n) is 11.6. The lowest BCUT2D eigenvalue weighted by atomic mass is 10.1. The van der Waals surface area contributed by atoms with E-state index in [1.54, 1.807) is 24.3 Å². The Hall–Kier alpha value is -5.40. The molecule has 0 spiro atoms. The summed E-state index contributed by atoms with van der Waals surface area (Å²) < 4.78 is 39.2. The number of nitrogens with zero attached hydrogens (tertiary/aromatic N) is 3. The van der Waals surface area contributed by atoms with Gasteiger partial charge in [-0.05, 0) is 30.3 Å². The second-order valence-corrected chi connectivity index (χ2v) is 8.25. The minimum Gasteiger partial charge on any atom is -0.507 e. The summed E-state index contributed by atoms with van der Waals surface area (Å²) in [7, 11) is 1.13. The maximum Gasteiger partial charge on any atom is 0.411 e. The number of carbonyl (C=O) groups is 2. The molecule has 208 valence electrons. The van der Waals surface area contributed by atoms with Gasteiger partial charge in [0.1, 0.15) is 31.3 Å². The van der Waals surface area contributed by atoms with Crippen molar-refractivity contribution in [3.8, 4) is 34.5 Å². The van der Waals surface area contributed by atoms with Crippen LogP contribution in [0.2, 0.25) is 0 Å². The van der Waals surface area contributed by atoms with Gasteiger partial charge in [0.05, 0.1) is 27.8 Å². The van der Waals surface area contributed by atoms with E-state index >= 15 is 0 Å². The Bertz CT molecular complexity index is 1600. The van der Waals surface area contributed by atoms with Gasteiger partial charge in [0.25, 0.3) is 0 Å². The van der Waals surface area contributed by atoms with Crippen molar-refractivity contribution in [2.24, 2.45) is 0 Å². The van der Waals surface area contributed by atoms with E-state index < -0.39 is 36.0 Å². The molecule has 0 aliphatic carbocycles. The first-order chi connectivity index (χ1) is 19.1. The van der Waals surface area contributed by atoms with Crippen molar-refractivity contribution in [2.75, 3.05) is 37.0 Å². The number of hydrogen-bond donors (Lipinski definition) is 5. The van der Waals surface area contributed by atoms with Crippen LogP contribution in [0.5, 0.6) is 23.1 Å². The first-order valence-corrected chi connectivity index (χ1v) is 11.6. The quantitative estimate of drug-likeness (QED) is 0.178. The molecule has 12 nitrogen and oxygen atoms in total. The van der Waals surface area contributed by atoms with E-state index in [2.05, 4.69) is 15.3 Å². The average molecular weight is 556 g/mol. The predicted octanol–water partition coefficient (Wildman–Crippen LogP) is 4.05. The van der Waals surface area contributed by atoms with Crippen LogP contribution in [-0.2, 0) is 4.79 Å². The molecule has 1 aromatic heterocycles. The number of rotatable bonds is 10. The predicted molar refractivity (Wildman–Crippen MR) is 138 cm³/mol. The topological polar surface area (TPSA) is 175 Å². The average Bonchev–Trinajstić information content (AvgIpc) is 2.92. The van der Waals surface area contributed by atoms with Gasteiger partial charge in [-0.1, -0.05) is 12.1 Å². The van der Waals surface area contributed by atoms with E-state index in [0.717, 1.165) is 19.2 Å². The highest BCUT2D eigenvalue weighted by Crippen LogP contribution is 2.39. The van der Waals surface area contributed by atoms with Crippen molar-refractivity contribution in [2.45, 2.75) is 0 Å². The summed E-state index contributed by atoms with van der Waals surface area (Å²) in [4.78, 5) is 31.4. The van der Waals surface area contributed by atoms with Crippen LogP contribution in [0.15, 0.2) is 48.5 Å². The number of aromatic nitrogens is 2. The van der Waals surface area contributed by atoms with Gasteiger partial charge in [-0.3, -0.25) is 9.69 Å². The van der Waals surface area contributed by atoms with Gasteiger partial charge in [-0.2, -0.15) is 9.37 Å². The molecular formula is C26H22F2N4O8. The Morgan fingerprint density at radius 1 is 1.00 bits per heavy atom. The molecule has 1 amide bonds. The summed E-state index contributed by atoms with van der Waals surface area (Å²) in [5.41, 5.74) is 0.263. The number of halogens is 2. The normalized spacial score (nSPS) is 10.8. The van der Waals surface area contributed by atoms with Crippen molar-refractivity contribution in [1.82, 2.24) is 9.97 Å². The largest absolute Gasteiger partial charge is 0.507 e. The van der Waals surface area contributed by atoms with Crippen LogP contribution in [0, 0.1) is 11.6 Å². The lowest BCUT2D eigenvalue weighted by Gasteiger charge is -2.19. The number of phenolic OH excluding ortho intramolecular Hbond substituents is 1. The third-order valence-electron chi connectivity index (χ3n) is 5.62. The highest BCUT2D eigenvalue weighted by Gasteiger charge is 2.22. The Morgan fingerprint density at radius 2 is 1.73 bits per heavy atom. The molecule has 4 rings (SSSR count). The van der Waals surface area contributed by atoms with E-state index in [0.29, 0.717) is 15.8 Å². The maximum atomic E-state index is 14.4. The van der Waals surface area contributed by atoms with Crippen LogP contribution < -0.4 is 19.7 Å². The fraction of sp³-hybridized carbons (Fsp3) is 0.154. The van der Waals surface area contributed by atoms with Crippen molar-refractivity contribution >= 4 is 34.3 Å². The molecule has 0 radical (unpaired) electrons. The van der Waals surface area contributed by atoms with Crippen molar-refractivity contribution in [1.29, 1.82) is 0 Å². The number of anilines is 2. The molecule has 0 saturated heterocycles. The molecule has 0 bridgehead atoms. The second kappa shape index (κ2) is 11.6. The summed E-state index contributed by atoms with van der Waals surface area (Å²) in [6.45, 7) is -1.22. The summed E-state index contributed by atoms with van der Waals surface area (Å²) in [6.07, 6.45) is -1.43. The van der Waals surface area contributed by atoms with Gasteiger partial charge in [0, 0.05) is 13.1 Å². The molecule has 14 heteroatoms. The van der Waals surface area contributed by atoms with E-state index in [-0.39, 0.29) is 53.4 Å². The van der Waals surface area contributed by atoms with Crippen LogP contribution in [0.3, 0.4) is 0 Å². The standard InChI is InChI=1S/C26H22F2N4O8/c1-32(26(37)38)18-7-6-15(27)22(28)23(18)40-9-8-39-20-10-14(19(33)11-17(20)29-12-21(34)35)24-30-16-5-3-2-4-13(16)25(36)31-24/h2-7,10-11,29,33H,8-9,12H2,1H3,(H,34,35)(H,37,38)(H,30,31,36). The number of hydrogen-bond acceptors (Lipinski definition) is 9. The number of carboxylic acids is 1. The monoisotopic (exact) mass is 556 g/mol. The number of carboxylic acid groups (broad SMARTS) is 2. The van der Waals surface area contributed by atoms with Gasteiger partial charge < -0.3 is 35.2 Å². The van der Waals surface area contributed by atoms with Gasteiger partial charge in [0.15, 0.2) is 17.4 Å². The molecule has 5 N–H and O–H groups in total. The van der Waals surface area contributed by atoms with E-state index in [1.165, 1.54) is 12.1 Å². The maximum absolute atomic E-state index is 14.4. The lowest BCUT2D eigenvalue weighted by molar-refractivity contribution is -0.134. The van der Waals surface area contributed by atoms with E-state index in [4.69, 9.17) is 14.6 Å². The van der Waals surface area contributed by atoms with Crippen LogP contribution >= 0.6 is 0 Å². The van der Waals surface area contributed by atoms with E-state index in [1.807, 2.05) is 0 Å². The number of benzene rings is 3. The Morgan fingerprint density at radius 3 is 2.45 bits per heavy atom. The van der Waals surface area contributed by atoms with Crippen LogP contribution in [0.25, 0.3) is 22.3 Å². The van der Waals surface area contributed by atoms with Crippen molar-refractivity contribution in [3.05, 3.63) is 60.2 Å². The molecular weight excluding hydrogens is 534 g/mol. The fourth-order valence-corrected chi connectivity index (χ4v) is 3.68. The van der Waals surface area contributed by atoms with Gasteiger partial charge in [-0.15, -0.1) is 0 Å². The molecule has 0 unspecified atom stereocenters. The summed E-state index contributed by atoms with van der Waals surface area (Å²) in [5, 5.41) is 42.2. The number of amides is 1. The summed E-state index contributed by atoms with van der Waals surface area (Å²) >= 11 is 0. The third-order valence-corrected chi connectivity index (χ3v) is 5.62. The zero-order chi connectivity index (χ0) is 29.0. The SMILES string of the molecule is CN(C(=O)O)c1ccc(F)c(F)c1OCCOc1cc(-c2nc(O)c3ccccc3n2)c(O)cc1NCC(=O)O. The van der Waals surface area contributed by atoms with Crippen LogP contribution in [-0.4, -0.2) is 69.3 Å². The minimum absolute atomic E-state index is 0.0106. The Labute approximate surface area is 224 Å². The molecule has 0 atom stereocenters. The van der Waals surface area contributed by atoms with Gasteiger partial charge in [0.2, 0.25) is 11.7 Å². The molecule has 40 heavy (non-hydrogen) atoms. The Kier molecular flexibility index (Phi) is 7.98. The lowest BCUT2D eigenvalue weighted by Crippen LogP contribution is -2.25. The summed E-state index contributed by atoms with van der Waals surface area (Å²) in [6, 6.07) is 10.9. The number of nitrogens with one attached hydrogen (secondary N) is 1. The first kappa shape index (κ1) is 27.6. The molecule has 3 aromatic carbocycles. The van der Waals surface area contributed by atoms with Crippen molar-refractivity contribution in [3.63, 3.8) is 0 Å². The van der Waals surface area contributed by atoms with Gasteiger partial charge >= 0.3 is 12.1 Å². The number of aromatic hydroxyl groups is 2. The number of fused-ring (bicyclic) bond motifs is 1. The number of aliphatic carboxylic acids is 1. The zero-order valence-electron chi connectivity index (χ0n) is 20.8. The van der Waals surface area contributed by atoms with Crippen LogP contribution in [0.1, 0.15) is 0 Å². The zero-order valence-corrected chi connectivity index (χ0v) is 20.8. The van der Waals surface area contributed by atoms with E-state index in [9.17, 15) is 33.7 Å². The van der Waals surface area contributed by atoms with Gasteiger partial charge in [-0.25, -0.2) is 14.2 Å². The number of para-hydroxylation sites is 1. The number of ether oxygens (including phenoxy) is 2. The molecule has 1 heterocycles. The van der Waals surface area contributed by atoms with Crippen LogP contribution in [0.4, 0.5) is 25.0 Å². The van der Waals surface area contributed by atoms with Crippen molar-refractivity contribution < 1.29 is 48.3 Å². The summed E-state index contributed by atoms with van der Waals surface area (Å²) in [5.74, 6) is -5.21. The molecule has 0 aliphatic rings. The molecule has 0 fully saturated rings. The third kappa shape index (κ3) is 5.85. The number of phenols is 1. The smallest absolute Gasteiger partial charge is 0.411 e. The molecule has 4 aromatic rings. The fourth-order valence-electron chi connectivity index (χ4n) is 3.68.